The number of halogens is 2. The fourth-order valence-corrected chi connectivity index (χ4v) is 2.98. The summed E-state index contributed by atoms with van der Waals surface area (Å²) in [5.74, 6) is -1.03. The van der Waals surface area contributed by atoms with Gasteiger partial charge in [0.05, 0.1) is 6.61 Å². The molecule has 3 rings (SSSR count). The summed E-state index contributed by atoms with van der Waals surface area (Å²) in [4.78, 5) is 0. The van der Waals surface area contributed by atoms with E-state index in [1.807, 2.05) is 24.3 Å². The van der Waals surface area contributed by atoms with E-state index in [9.17, 15) is 8.78 Å². The van der Waals surface area contributed by atoms with E-state index in [1.54, 1.807) is 6.07 Å². The molecule has 4 heteroatoms. The van der Waals surface area contributed by atoms with E-state index in [1.165, 1.54) is 6.07 Å². The highest BCUT2D eigenvalue weighted by Gasteiger charge is 2.40. The quantitative estimate of drug-likeness (QED) is 0.884. The predicted octanol–water partition coefficient (Wildman–Crippen LogP) is 3.63. The van der Waals surface area contributed by atoms with Crippen molar-refractivity contribution >= 4 is 0 Å². The molecule has 1 fully saturated rings. The van der Waals surface area contributed by atoms with Gasteiger partial charge in [0.25, 0.3) is 0 Å². The van der Waals surface area contributed by atoms with Gasteiger partial charge in [-0.15, -0.1) is 0 Å². The first-order valence-electron chi connectivity index (χ1n) is 7.52. The van der Waals surface area contributed by atoms with Gasteiger partial charge in [0.15, 0.2) is 0 Å². The molecule has 0 unspecified atom stereocenters. The largest absolute Gasteiger partial charge is 0.392 e. The van der Waals surface area contributed by atoms with Crippen molar-refractivity contribution in [3.8, 4) is 0 Å². The summed E-state index contributed by atoms with van der Waals surface area (Å²) < 4.78 is 27.2. The monoisotopic (exact) mass is 303 g/mol. The van der Waals surface area contributed by atoms with Crippen LogP contribution in [0.4, 0.5) is 8.78 Å². The van der Waals surface area contributed by atoms with Crippen LogP contribution in [0.3, 0.4) is 0 Å². The molecule has 0 aromatic heterocycles. The SMILES string of the molecule is OCc1ccc(CNC2(c3ccc(F)cc3F)CCC2)cc1. The minimum atomic E-state index is -0.546. The topological polar surface area (TPSA) is 32.3 Å². The predicted molar refractivity (Wildman–Crippen MR) is 81.1 cm³/mol. The molecule has 2 aromatic carbocycles. The van der Waals surface area contributed by atoms with Gasteiger partial charge < -0.3 is 10.4 Å². The van der Waals surface area contributed by atoms with Crippen molar-refractivity contribution in [3.63, 3.8) is 0 Å². The van der Waals surface area contributed by atoms with Gasteiger partial charge in [-0.05, 0) is 36.5 Å². The van der Waals surface area contributed by atoms with Crippen LogP contribution in [0, 0.1) is 11.6 Å². The van der Waals surface area contributed by atoms with Gasteiger partial charge in [0.1, 0.15) is 11.6 Å². The smallest absolute Gasteiger partial charge is 0.131 e. The van der Waals surface area contributed by atoms with Crippen LogP contribution in [0.2, 0.25) is 0 Å². The third kappa shape index (κ3) is 2.89. The van der Waals surface area contributed by atoms with Gasteiger partial charge in [-0.25, -0.2) is 8.78 Å². The lowest BCUT2D eigenvalue weighted by Gasteiger charge is -2.43. The average Bonchev–Trinajstić information content (AvgIpc) is 2.48. The Hall–Kier alpha value is -1.78. The van der Waals surface area contributed by atoms with E-state index in [-0.39, 0.29) is 6.61 Å². The summed E-state index contributed by atoms with van der Waals surface area (Å²) in [6.07, 6.45) is 2.74. The molecule has 0 radical (unpaired) electrons. The lowest BCUT2D eigenvalue weighted by atomic mass is 9.71. The maximum atomic E-state index is 14.1. The van der Waals surface area contributed by atoms with Crippen molar-refractivity contribution in [2.24, 2.45) is 0 Å². The molecular formula is C18H19F2NO. The number of aliphatic hydroxyl groups is 1. The van der Waals surface area contributed by atoms with Crippen LogP contribution in [0.25, 0.3) is 0 Å². The molecule has 1 aliphatic rings. The van der Waals surface area contributed by atoms with Crippen molar-refractivity contribution in [2.45, 2.75) is 38.0 Å². The molecule has 1 saturated carbocycles. The van der Waals surface area contributed by atoms with E-state index in [2.05, 4.69) is 5.32 Å². The highest BCUT2D eigenvalue weighted by atomic mass is 19.1. The summed E-state index contributed by atoms with van der Waals surface area (Å²) in [6.45, 7) is 0.640. The Bertz CT molecular complexity index is 651. The standard InChI is InChI=1S/C18H19F2NO/c19-15-6-7-16(17(20)10-15)18(8-1-9-18)21-11-13-2-4-14(12-22)5-3-13/h2-7,10,21-22H,1,8-9,11-12H2. The number of rotatable bonds is 5. The molecule has 1 aliphatic carbocycles. The average molecular weight is 303 g/mol. The van der Waals surface area contributed by atoms with Crippen LogP contribution in [-0.4, -0.2) is 5.11 Å². The lowest BCUT2D eigenvalue weighted by Crippen LogP contribution is -2.48. The van der Waals surface area contributed by atoms with Gasteiger partial charge in [-0.1, -0.05) is 30.3 Å². The number of hydrogen-bond donors (Lipinski definition) is 2. The molecule has 0 saturated heterocycles. The molecule has 0 bridgehead atoms. The van der Waals surface area contributed by atoms with Crippen LogP contribution in [-0.2, 0) is 18.7 Å². The maximum absolute atomic E-state index is 14.1. The molecule has 116 valence electrons. The first kappa shape index (κ1) is 15.1. The molecule has 0 spiro atoms. The zero-order valence-electron chi connectivity index (χ0n) is 12.3. The fourth-order valence-electron chi connectivity index (χ4n) is 2.98. The molecule has 0 amide bonds. The molecular weight excluding hydrogens is 284 g/mol. The van der Waals surface area contributed by atoms with Crippen molar-refractivity contribution < 1.29 is 13.9 Å². The summed E-state index contributed by atoms with van der Waals surface area (Å²) in [5, 5.41) is 12.5. The zero-order valence-corrected chi connectivity index (χ0v) is 12.3. The zero-order chi connectivity index (χ0) is 15.6. The van der Waals surface area contributed by atoms with Crippen molar-refractivity contribution in [3.05, 3.63) is 70.8 Å². The summed E-state index contributed by atoms with van der Waals surface area (Å²) in [6, 6.07) is 11.5. The van der Waals surface area contributed by atoms with E-state index >= 15 is 0 Å². The third-order valence-corrected chi connectivity index (χ3v) is 4.49. The van der Waals surface area contributed by atoms with E-state index in [0.717, 1.165) is 36.5 Å². The third-order valence-electron chi connectivity index (χ3n) is 4.49. The van der Waals surface area contributed by atoms with E-state index in [4.69, 9.17) is 5.11 Å². The van der Waals surface area contributed by atoms with E-state index < -0.39 is 17.2 Å². The molecule has 22 heavy (non-hydrogen) atoms. The summed E-state index contributed by atoms with van der Waals surface area (Å²) >= 11 is 0. The van der Waals surface area contributed by atoms with Crippen LogP contribution < -0.4 is 5.32 Å². The molecule has 2 nitrogen and oxygen atoms in total. The number of hydrogen-bond acceptors (Lipinski definition) is 2. The highest BCUT2D eigenvalue weighted by molar-refractivity contribution is 5.30. The van der Waals surface area contributed by atoms with Crippen molar-refractivity contribution in [2.75, 3.05) is 0 Å². The minimum absolute atomic E-state index is 0.0262. The first-order valence-corrected chi connectivity index (χ1v) is 7.52. The van der Waals surface area contributed by atoms with Gasteiger partial charge in [-0.2, -0.15) is 0 Å². The highest BCUT2D eigenvalue weighted by Crippen LogP contribution is 2.42. The van der Waals surface area contributed by atoms with Crippen LogP contribution in [0.1, 0.15) is 36.0 Å². The normalized spacial score (nSPS) is 16.3. The molecule has 2 aromatic rings. The molecule has 2 N–H and O–H groups in total. The van der Waals surface area contributed by atoms with Crippen LogP contribution in [0.15, 0.2) is 42.5 Å². The Balaban J connectivity index is 1.75. The Morgan fingerprint density at radius 1 is 1.00 bits per heavy atom. The summed E-state index contributed by atoms with van der Waals surface area (Å²) in [7, 11) is 0. The van der Waals surface area contributed by atoms with Crippen LogP contribution in [0.5, 0.6) is 0 Å². The second-order valence-corrected chi connectivity index (χ2v) is 5.89. The Kier molecular flexibility index (Phi) is 4.23. The van der Waals surface area contributed by atoms with Gasteiger partial charge in [0, 0.05) is 23.7 Å². The maximum Gasteiger partial charge on any atom is 0.131 e. The fraction of sp³-hybridized carbons (Fsp3) is 0.333. The summed E-state index contributed by atoms with van der Waals surface area (Å²) in [5.41, 5.74) is 2.10. The Morgan fingerprint density at radius 2 is 1.68 bits per heavy atom. The number of benzene rings is 2. The van der Waals surface area contributed by atoms with Crippen molar-refractivity contribution in [1.29, 1.82) is 0 Å². The number of nitrogens with one attached hydrogen (secondary N) is 1. The lowest BCUT2D eigenvalue weighted by molar-refractivity contribution is 0.177. The van der Waals surface area contributed by atoms with E-state index in [0.29, 0.717) is 12.1 Å². The number of aliphatic hydroxyl groups excluding tert-OH is 1. The second kappa shape index (κ2) is 6.15. The first-order chi connectivity index (χ1) is 10.6. The van der Waals surface area contributed by atoms with Gasteiger partial charge in [0.2, 0.25) is 0 Å². The van der Waals surface area contributed by atoms with Crippen molar-refractivity contribution in [1.82, 2.24) is 5.32 Å². The minimum Gasteiger partial charge on any atom is -0.392 e. The second-order valence-electron chi connectivity index (χ2n) is 5.89. The Labute approximate surface area is 128 Å². The van der Waals surface area contributed by atoms with Gasteiger partial charge in [-0.3, -0.25) is 0 Å². The Morgan fingerprint density at radius 3 is 2.23 bits per heavy atom. The van der Waals surface area contributed by atoms with Crippen LogP contribution >= 0.6 is 0 Å². The molecule has 0 atom stereocenters. The molecule has 0 heterocycles. The van der Waals surface area contributed by atoms with Gasteiger partial charge >= 0.3 is 0 Å². The molecule has 0 aliphatic heterocycles.